The van der Waals surface area contributed by atoms with Crippen molar-refractivity contribution in [2.75, 3.05) is 0 Å². The molecule has 0 fully saturated rings. The minimum atomic E-state index is 0.693. The molecule has 0 aliphatic heterocycles. The molecule has 3 nitrogen and oxygen atoms in total. The van der Waals surface area contributed by atoms with Crippen molar-refractivity contribution in [3.05, 3.63) is 48.7 Å². The second-order valence-corrected chi connectivity index (χ2v) is 3.79. The highest BCUT2D eigenvalue weighted by atomic mass is 14.9. The Morgan fingerprint density at radius 3 is 2.67 bits per heavy atom. The SMILES string of the molecule is C=C.CCc1cnc(N=CN)c2cc(C)ccc12. The summed E-state index contributed by atoms with van der Waals surface area (Å²) in [5.74, 6) is 0.693. The third-order valence-electron chi connectivity index (χ3n) is 2.68. The molecule has 0 unspecified atom stereocenters. The summed E-state index contributed by atoms with van der Waals surface area (Å²) in [5, 5.41) is 2.28. The second-order valence-electron chi connectivity index (χ2n) is 3.79. The molecule has 0 saturated carbocycles. The molecule has 0 radical (unpaired) electrons. The van der Waals surface area contributed by atoms with Crippen LogP contribution in [-0.2, 0) is 6.42 Å². The summed E-state index contributed by atoms with van der Waals surface area (Å²) in [4.78, 5) is 8.42. The minimum Gasteiger partial charge on any atom is -0.390 e. The molecule has 0 bridgehead atoms. The maximum atomic E-state index is 5.33. The molecule has 2 aromatic rings. The van der Waals surface area contributed by atoms with Gasteiger partial charge >= 0.3 is 0 Å². The van der Waals surface area contributed by atoms with Gasteiger partial charge in [-0.1, -0.05) is 24.6 Å². The molecule has 2 N–H and O–H groups in total. The quantitative estimate of drug-likeness (QED) is 0.497. The number of aliphatic imine (C=N–C) groups is 1. The second kappa shape index (κ2) is 6.55. The van der Waals surface area contributed by atoms with Crippen LogP contribution in [0.15, 0.2) is 42.5 Å². The summed E-state index contributed by atoms with van der Waals surface area (Å²) in [6.45, 7) is 10.2. The number of aryl methyl sites for hydroxylation is 2. The van der Waals surface area contributed by atoms with Crippen LogP contribution in [0.4, 0.5) is 5.82 Å². The third-order valence-corrected chi connectivity index (χ3v) is 2.68. The molecule has 1 aromatic carbocycles. The molecule has 0 amide bonds. The lowest BCUT2D eigenvalue weighted by Crippen LogP contribution is -1.91. The summed E-state index contributed by atoms with van der Waals surface area (Å²) >= 11 is 0. The van der Waals surface area contributed by atoms with Crippen LogP contribution in [0.5, 0.6) is 0 Å². The van der Waals surface area contributed by atoms with Crippen molar-refractivity contribution in [1.29, 1.82) is 0 Å². The third kappa shape index (κ3) is 2.74. The highest BCUT2D eigenvalue weighted by Gasteiger charge is 2.05. The zero-order chi connectivity index (χ0) is 13.5. The van der Waals surface area contributed by atoms with Gasteiger partial charge in [0.1, 0.15) is 0 Å². The Morgan fingerprint density at radius 2 is 2.06 bits per heavy atom. The van der Waals surface area contributed by atoms with Gasteiger partial charge in [-0.15, -0.1) is 13.2 Å². The number of rotatable bonds is 2. The van der Waals surface area contributed by atoms with Crippen molar-refractivity contribution in [2.45, 2.75) is 20.3 Å². The van der Waals surface area contributed by atoms with Crippen LogP contribution in [0, 0.1) is 6.92 Å². The Bertz CT molecular complexity index is 559. The Kier molecular flexibility index (Phi) is 5.06. The maximum Gasteiger partial charge on any atom is 0.161 e. The van der Waals surface area contributed by atoms with Crippen LogP contribution in [0.25, 0.3) is 10.8 Å². The first kappa shape index (κ1) is 13.9. The number of nitrogens with zero attached hydrogens (tertiary/aromatic N) is 2. The lowest BCUT2D eigenvalue weighted by atomic mass is 10.0. The average molecular weight is 241 g/mol. The van der Waals surface area contributed by atoms with E-state index in [4.69, 9.17) is 5.73 Å². The van der Waals surface area contributed by atoms with Crippen LogP contribution in [-0.4, -0.2) is 11.3 Å². The average Bonchev–Trinajstić information content (AvgIpc) is 2.42. The van der Waals surface area contributed by atoms with Crippen molar-refractivity contribution in [3.63, 3.8) is 0 Å². The normalized spacial score (nSPS) is 10.3. The van der Waals surface area contributed by atoms with Gasteiger partial charge in [-0.3, -0.25) is 0 Å². The van der Waals surface area contributed by atoms with Crippen LogP contribution in [0.1, 0.15) is 18.1 Å². The monoisotopic (exact) mass is 241 g/mol. The molecule has 0 spiro atoms. The highest BCUT2D eigenvalue weighted by molar-refractivity contribution is 5.94. The number of benzene rings is 1. The van der Waals surface area contributed by atoms with Crippen molar-refractivity contribution in [3.8, 4) is 0 Å². The van der Waals surface area contributed by atoms with Crippen molar-refractivity contribution < 1.29 is 0 Å². The van der Waals surface area contributed by atoms with Crippen LogP contribution in [0.2, 0.25) is 0 Å². The molecule has 0 aliphatic carbocycles. The Balaban J connectivity index is 0.000000771. The van der Waals surface area contributed by atoms with Crippen molar-refractivity contribution in [1.82, 2.24) is 4.98 Å². The van der Waals surface area contributed by atoms with Gasteiger partial charge < -0.3 is 5.73 Å². The number of pyridine rings is 1. The van der Waals surface area contributed by atoms with E-state index >= 15 is 0 Å². The maximum absolute atomic E-state index is 5.33. The van der Waals surface area contributed by atoms with Crippen LogP contribution in [0.3, 0.4) is 0 Å². The molecular weight excluding hydrogens is 222 g/mol. The highest BCUT2D eigenvalue weighted by Crippen LogP contribution is 2.27. The summed E-state index contributed by atoms with van der Waals surface area (Å²) in [7, 11) is 0. The number of hydrogen-bond donors (Lipinski definition) is 1. The number of nitrogens with two attached hydrogens (primary N) is 1. The minimum absolute atomic E-state index is 0.693. The fourth-order valence-corrected chi connectivity index (χ4v) is 1.86. The van der Waals surface area contributed by atoms with Crippen molar-refractivity contribution >= 4 is 22.9 Å². The first-order chi connectivity index (χ1) is 8.76. The predicted octanol–water partition coefficient (Wildman–Crippen LogP) is 3.53. The van der Waals surface area contributed by atoms with Gasteiger partial charge in [0.25, 0.3) is 0 Å². The summed E-state index contributed by atoms with van der Waals surface area (Å²) < 4.78 is 0. The van der Waals surface area contributed by atoms with E-state index in [-0.39, 0.29) is 0 Å². The van der Waals surface area contributed by atoms with Gasteiger partial charge in [-0.2, -0.15) is 0 Å². The van der Waals surface area contributed by atoms with Crippen LogP contribution < -0.4 is 5.73 Å². The molecule has 0 atom stereocenters. The van der Waals surface area contributed by atoms with E-state index in [0.717, 1.165) is 11.8 Å². The number of aromatic nitrogens is 1. The fraction of sp³-hybridized carbons (Fsp3) is 0.200. The molecule has 94 valence electrons. The first-order valence-electron chi connectivity index (χ1n) is 5.88. The number of fused-ring (bicyclic) bond motifs is 1. The predicted molar refractivity (Wildman–Crippen MR) is 79.5 cm³/mol. The Labute approximate surface area is 108 Å². The standard InChI is InChI=1S/C13H15N3.C2H4/c1-3-10-7-15-13(16-8-14)12-6-9(2)4-5-11(10)12;1-2/h4-8H,3H2,1-2H3,(H2,14,15,16);1-2H2. The molecule has 3 heteroatoms. The Hall–Kier alpha value is -2.16. The number of hydrogen-bond acceptors (Lipinski definition) is 2. The fourth-order valence-electron chi connectivity index (χ4n) is 1.86. The lowest BCUT2D eigenvalue weighted by Gasteiger charge is -2.07. The molecule has 1 heterocycles. The van der Waals surface area contributed by atoms with E-state index in [9.17, 15) is 0 Å². The lowest BCUT2D eigenvalue weighted by molar-refractivity contribution is 1.12. The largest absolute Gasteiger partial charge is 0.390 e. The van der Waals surface area contributed by atoms with Crippen LogP contribution >= 0.6 is 0 Å². The van der Waals surface area contributed by atoms with E-state index in [1.807, 2.05) is 6.20 Å². The van der Waals surface area contributed by atoms with E-state index in [1.54, 1.807) is 0 Å². The smallest absolute Gasteiger partial charge is 0.161 e. The summed E-state index contributed by atoms with van der Waals surface area (Å²) in [5.41, 5.74) is 7.77. The zero-order valence-corrected chi connectivity index (χ0v) is 11.0. The van der Waals surface area contributed by atoms with Crippen molar-refractivity contribution in [2.24, 2.45) is 10.7 Å². The topological polar surface area (TPSA) is 51.3 Å². The van der Waals surface area contributed by atoms with Gasteiger partial charge in [-0.25, -0.2) is 9.98 Å². The first-order valence-corrected chi connectivity index (χ1v) is 5.88. The van der Waals surface area contributed by atoms with E-state index < -0.39 is 0 Å². The molecule has 0 aliphatic rings. The van der Waals surface area contributed by atoms with Gasteiger partial charge in [-0.05, 0) is 30.4 Å². The van der Waals surface area contributed by atoms with Gasteiger partial charge in [0.05, 0.1) is 6.34 Å². The molecule has 1 aromatic heterocycles. The van der Waals surface area contributed by atoms with Gasteiger partial charge in [0.15, 0.2) is 5.82 Å². The summed E-state index contributed by atoms with van der Waals surface area (Å²) in [6.07, 6.45) is 4.13. The van der Waals surface area contributed by atoms with Gasteiger partial charge in [0, 0.05) is 11.6 Å². The molecule has 18 heavy (non-hydrogen) atoms. The van der Waals surface area contributed by atoms with Gasteiger partial charge in [0.2, 0.25) is 0 Å². The van der Waals surface area contributed by atoms with E-state index in [1.165, 1.54) is 22.9 Å². The zero-order valence-electron chi connectivity index (χ0n) is 11.0. The Morgan fingerprint density at radius 1 is 1.33 bits per heavy atom. The van der Waals surface area contributed by atoms with E-state index in [0.29, 0.717) is 5.82 Å². The van der Waals surface area contributed by atoms with E-state index in [2.05, 4.69) is 55.2 Å². The summed E-state index contributed by atoms with van der Waals surface area (Å²) in [6, 6.07) is 6.34. The molecular formula is C15H19N3. The molecule has 2 rings (SSSR count). The molecule has 0 saturated heterocycles.